The van der Waals surface area contributed by atoms with Crippen LogP contribution in [-0.4, -0.2) is 27.2 Å². The molecule has 2 N–H and O–H groups in total. The number of nitrogens with one attached hydrogen (secondary N) is 2. The molecule has 1 aromatic rings. The average Bonchev–Trinajstić information content (AvgIpc) is 3.01. The minimum absolute atomic E-state index is 0.0484. The van der Waals surface area contributed by atoms with E-state index in [2.05, 4.69) is 5.32 Å². The van der Waals surface area contributed by atoms with Crippen LogP contribution in [0.25, 0.3) is 0 Å². The Morgan fingerprint density at radius 3 is 2.60 bits per heavy atom. The highest BCUT2D eigenvalue weighted by Gasteiger charge is 2.28. The minimum Gasteiger partial charge on any atom is -0.309 e. The standard InChI is InChI=1S/C11H15F3N2O2S2/c12-11(13,14)5-6-16-20(17,18)10-4-3-9(19-10)7-15-8-1-2-8/h3-4,8,15-16H,1-2,5-7H2. The molecule has 0 atom stereocenters. The second-order valence-electron chi connectivity index (χ2n) is 4.64. The fourth-order valence-corrected chi connectivity index (χ4v) is 3.91. The smallest absolute Gasteiger partial charge is 0.309 e. The predicted molar refractivity (Wildman–Crippen MR) is 70.0 cm³/mol. The van der Waals surface area contributed by atoms with Gasteiger partial charge in [0.2, 0.25) is 10.0 Å². The molecule has 1 aliphatic carbocycles. The number of alkyl halides is 3. The molecule has 20 heavy (non-hydrogen) atoms. The van der Waals surface area contributed by atoms with E-state index >= 15 is 0 Å². The quantitative estimate of drug-likeness (QED) is 0.807. The summed E-state index contributed by atoms with van der Waals surface area (Å²) in [5.74, 6) is 0. The Kier molecular flexibility index (Phi) is 4.73. The van der Waals surface area contributed by atoms with Gasteiger partial charge in [0, 0.05) is 24.0 Å². The largest absolute Gasteiger partial charge is 0.390 e. The third-order valence-corrected chi connectivity index (χ3v) is 5.78. The Morgan fingerprint density at radius 1 is 1.30 bits per heavy atom. The summed E-state index contributed by atoms with van der Waals surface area (Å²) in [7, 11) is -3.84. The maximum Gasteiger partial charge on any atom is 0.390 e. The SMILES string of the molecule is O=S(=O)(NCCC(F)(F)F)c1ccc(CNC2CC2)s1. The van der Waals surface area contributed by atoms with Gasteiger partial charge < -0.3 is 5.32 Å². The molecule has 1 heterocycles. The van der Waals surface area contributed by atoms with Crippen LogP contribution < -0.4 is 10.0 Å². The third kappa shape index (κ3) is 5.04. The Morgan fingerprint density at radius 2 is 2.00 bits per heavy atom. The third-order valence-electron chi connectivity index (χ3n) is 2.74. The van der Waals surface area contributed by atoms with Gasteiger partial charge in [0.15, 0.2) is 0 Å². The molecule has 0 unspecified atom stereocenters. The van der Waals surface area contributed by atoms with E-state index in [1.165, 1.54) is 6.07 Å². The lowest BCUT2D eigenvalue weighted by Crippen LogP contribution is -2.27. The van der Waals surface area contributed by atoms with E-state index in [0.717, 1.165) is 29.1 Å². The first-order valence-electron chi connectivity index (χ1n) is 6.15. The van der Waals surface area contributed by atoms with Crippen molar-refractivity contribution in [2.45, 2.75) is 42.2 Å². The van der Waals surface area contributed by atoms with Crippen LogP contribution >= 0.6 is 11.3 Å². The molecule has 1 fully saturated rings. The van der Waals surface area contributed by atoms with Crippen LogP contribution in [0.3, 0.4) is 0 Å². The van der Waals surface area contributed by atoms with Crippen molar-refractivity contribution >= 4 is 21.4 Å². The van der Waals surface area contributed by atoms with Crippen LogP contribution in [0.2, 0.25) is 0 Å². The normalized spacial score (nSPS) is 16.6. The second kappa shape index (κ2) is 6.00. The van der Waals surface area contributed by atoms with E-state index in [0.29, 0.717) is 12.6 Å². The molecular weight excluding hydrogens is 313 g/mol. The summed E-state index contributed by atoms with van der Waals surface area (Å²) in [5.41, 5.74) is 0. The maximum atomic E-state index is 12.0. The predicted octanol–water partition coefficient (Wildman–Crippen LogP) is 2.23. The van der Waals surface area contributed by atoms with Crippen LogP contribution in [0, 0.1) is 0 Å². The molecule has 1 saturated carbocycles. The zero-order chi connectivity index (χ0) is 14.8. The van der Waals surface area contributed by atoms with Gasteiger partial charge in [-0.05, 0) is 25.0 Å². The summed E-state index contributed by atoms with van der Waals surface area (Å²) < 4.78 is 61.5. The number of hydrogen-bond acceptors (Lipinski definition) is 4. The first-order valence-corrected chi connectivity index (χ1v) is 8.45. The van der Waals surface area contributed by atoms with Gasteiger partial charge >= 0.3 is 6.18 Å². The first-order chi connectivity index (χ1) is 9.26. The van der Waals surface area contributed by atoms with E-state index in [1.807, 2.05) is 4.72 Å². The van der Waals surface area contributed by atoms with E-state index in [1.54, 1.807) is 6.07 Å². The summed E-state index contributed by atoms with van der Waals surface area (Å²) in [5, 5.41) is 3.25. The van der Waals surface area contributed by atoms with Crippen molar-refractivity contribution < 1.29 is 21.6 Å². The highest BCUT2D eigenvalue weighted by molar-refractivity contribution is 7.91. The number of halogens is 3. The topological polar surface area (TPSA) is 58.2 Å². The Balaban J connectivity index is 1.87. The molecule has 0 radical (unpaired) electrons. The molecule has 0 aromatic carbocycles. The lowest BCUT2D eigenvalue weighted by atomic mass is 10.4. The summed E-state index contributed by atoms with van der Waals surface area (Å²) in [6.45, 7) is -0.0488. The molecule has 1 aromatic heterocycles. The molecule has 114 valence electrons. The van der Waals surface area contributed by atoms with Crippen molar-refractivity contribution in [1.29, 1.82) is 0 Å². The molecule has 0 bridgehead atoms. The van der Waals surface area contributed by atoms with Gasteiger partial charge in [-0.1, -0.05) is 0 Å². The van der Waals surface area contributed by atoms with Crippen LogP contribution in [0.5, 0.6) is 0 Å². The van der Waals surface area contributed by atoms with Gasteiger partial charge in [0.1, 0.15) is 4.21 Å². The van der Waals surface area contributed by atoms with E-state index in [4.69, 9.17) is 0 Å². The summed E-state index contributed by atoms with van der Waals surface area (Å²) >= 11 is 1.07. The Hall–Kier alpha value is -0.640. The van der Waals surface area contributed by atoms with E-state index < -0.39 is 29.2 Å². The summed E-state index contributed by atoms with van der Waals surface area (Å²) in [4.78, 5) is 0.855. The average molecular weight is 328 g/mol. The zero-order valence-electron chi connectivity index (χ0n) is 10.5. The fraction of sp³-hybridized carbons (Fsp3) is 0.636. The number of sulfonamides is 1. The van der Waals surface area contributed by atoms with Crippen LogP contribution in [0.15, 0.2) is 16.3 Å². The maximum absolute atomic E-state index is 12.0. The lowest BCUT2D eigenvalue weighted by molar-refractivity contribution is -0.132. The first kappa shape index (κ1) is 15.7. The van der Waals surface area contributed by atoms with Crippen molar-refractivity contribution in [3.63, 3.8) is 0 Å². The number of thiophene rings is 1. The molecule has 0 saturated heterocycles. The van der Waals surface area contributed by atoms with Crippen LogP contribution in [0.1, 0.15) is 24.1 Å². The van der Waals surface area contributed by atoms with Crippen molar-refractivity contribution in [3.8, 4) is 0 Å². The molecule has 2 rings (SSSR count). The monoisotopic (exact) mass is 328 g/mol. The van der Waals surface area contributed by atoms with E-state index in [-0.39, 0.29) is 4.21 Å². The van der Waals surface area contributed by atoms with Crippen molar-refractivity contribution in [3.05, 3.63) is 17.0 Å². The molecule has 1 aliphatic rings. The Labute approximate surface area is 119 Å². The van der Waals surface area contributed by atoms with Crippen molar-refractivity contribution in [1.82, 2.24) is 10.0 Å². The highest BCUT2D eigenvalue weighted by atomic mass is 32.2. The molecule has 0 spiro atoms. The van der Waals surface area contributed by atoms with Crippen LogP contribution in [0.4, 0.5) is 13.2 Å². The minimum atomic E-state index is -4.36. The van der Waals surface area contributed by atoms with Crippen LogP contribution in [-0.2, 0) is 16.6 Å². The molecule has 0 amide bonds. The fourth-order valence-electron chi connectivity index (χ4n) is 1.53. The number of rotatable bonds is 7. The van der Waals surface area contributed by atoms with Gasteiger partial charge in [-0.3, -0.25) is 0 Å². The van der Waals surface area contributed by atoms with Gasteiger partial charge in [-0.15, -0.1) is 11.3 Å². The Bertz CT molecular complexity index is 550. The van der Waals surface area contributed by atoms with Gasteiger partial charge in [0.05, 0.1) is 6.42 Å². The van der Waals surface area contributed by atoms with Gasteiger partial charge in [-0.25, -0.2) is 13.1 Å². The second-order valence-corrected chi connectivity index (χ2v) is 7.80. The van der Waals surface area contributed by atoms with Crippen molar-refractivity contribution in [2.75, 3.05) is 6.54 Å². The molecule has 0 aliphatic heterocycles. The van der Waals surface area contributed by atoms with Crippen molar-refractivity contribution in [2.24, 2.45) is 0 Å². The van der Waals surface area contributed by atoms with E-state index in [9.17, 15) is 21.6 Å². The summed E-state index contributed by atoms with van der Waals surface area (Å²) in [6, 6.07) is 3.62. The molecule has 9 heteroatoms. The lowest BCUT2D eigenvalue weighted by Gasteiger charge is -2.07. The zero-order valence-corrected chi connectivity index (χ0v) is 12.2. The van der Waals surface area contributed by atoms with Gasteiger partial charge in [0.25, 0.3) is 0 Å². The number of hydrogen-bond donors (Lipinski definition) is 2. The van der Waals surface area contributed by atoms with Gasteiger partial charge in [-0.2, -0.15) is 13.2 Å². The molecule has 4 nitrogen and oxygen atoms in total. The highest BCUT2D eigenvalue weighted by Crippen LogP contribution is 2.24. The summed E-state index contributed by atoms with van der Waals surface area (Å²) in [6.07, 6.45) is -3.27. The molecular formula is C11H15F3N2O2S2.